The number of carbonyl (C=O) groups is 3. The summed E-state index contributed by atoms with van der Waals surface area (Å²) in [6.45, 7) is 14.2. The smallest absolute Gasteiger partial charge is 0.232 e. The van der Waals surface area contributed by atoms with E-state index in [-0.39, 0.29) is 23.6 Å². The van der Waals surface area contributed by atoms with Crippen molar-refractivity contribution in [2.45, 2.75) is 73.6 Å². The highest BCUT2D eigenvalue weighted by molar-refractivity contribution is 6.03. The van der Waals surface area contributed by atoms with Crippen LogP contribution in [0.4, 0.5) is 0 Å². The van der Waals surface area contributed by atoms with Crippen molar-refractivity contribution in [3.8, 4) is 0 Å². The van der Waals surface area contributed by atoms with Crippen molar-refractivity contribution in [2.75, 3.05) is 19.6 Å². The van der Waals surface area contributed by atoms with E-state index in [9.17, 15) is 14.4 Å². The molecule has 0 aromatic rings. The lowest BCUT2D eigenvalue weighted by Gasteiger charge is -2.37. The first kappa shape index (κ1) is 22.6. The topological polar surface area (TPSA) is 57.7 Å². The summed E-state index contributed by atoms with van der Waals surface area (Å²) in [7, 11) is 0. The summed E-state index contributed by atoms with van der Waals surface area (Å²) in [5.74, 6) is 0.643. The van der Waals surface area contributed by atoms with Gasteiger partial charge in [0.2, 0.25) is 17.7 Å². The van der Waals surface area contributed by atoms with Crippen LogP contribution in [0.1, 0.15) is 73.6 Å². The lowest BCUT2D eigenvalue weighted by atomic mass is 10.0. The first-order valence-electron chi connectivity index (χ1n) is 9.61. The molecule has 0 bridgehead atoms. The predicted molar refractivity (Wildman–Crippen MR) is 97.4 cm³/mol. The number of hydrogen-bond donors (Lipinski definition) is 0. The largest absolute Gasteiger partial charge is 0.342 e. The normalized spacial score (nSPS) is 20.0. The van der Waals surface area contributed by atoms with Crippen LogP contribution in [0.3, 0.4) is 0 Å². The Morgan fingerprint density at radius 2 is 1.58 bits per heavy atom. The van der Waals surface area contributed by atoms with Gasteiger partial charge in [0, 0.05) is 38.4 Å². The Bertz CT molecular complexity index is 403. The molecule has 1 atom stereocenters. The summed E-state index contributed by atoms with van der Waals surface area (Å²) in [5, 5.41) is 0. The first-order chi connectivity index (χ1) is 11.5. The van der Waals surface area contributed by atoms with Crippen molar-refractivity contribution in [1.82, 2.24) is 9.80 Å². The fourth-order valence-corrected chi connectivity index (χ4v) is 2.87. The molecule has 0 N–H and O–H groups in total. The summed E-state index contributed by atoms with van der Waals surface area (Å²) in [6, 6.07) is 0. The lowest BCUT2D eigenvalue weighted by molar-refractivity contribution is -0.140. The molecule has 2 heterocycles. The standard InChI is InChI=1S/C15H24N2O3.2C2H6/c1-11-9-16(10-11)13(18)6-4-3-5-7-17-14(19)8-12(2)15(17)20;2*1-2/h11-12H,3-10H2,1-2H3;2*1-2H3. The number of rotatable bonds is 6. The van der Waals surface area contributed by atoms with E-state index < -0.39 is 0 Å². The van der Waals surface area contributed by atoms with Crippen LogP contribution in [0, 0.1) is 11.8 Å². The quantitative estimate of drug-likeness (QED) is 0.549. The van der Waals surface area contributed by atoms with Gasteiger partial charge in [-0.2, -0.15) is 0 Å². The molecule has 5 nitrogen and oxygen atoms in total. The van der Waals surface area contributed by atoms with Crippen molar-refractivity contribution < 1.29 is 14.4 Å². The molecule has 140 valence electrons. The molecule has 2 aliphatic rings. The van der Waals surface area contributed by atoms with Crippen LogP contribution in [0.25, 0.3) is 0 Å². The highest BCUT2D eigenvalue weighted by Crippen LogP contribution is 2.20. The van der Waals surface area contributed by atoms with Crippen LogP contribution in [-0.4, -0.2) is 47.2 Å². The van der Waals surface area contributed by atoms with E-state index >= 15 is 0 Å². The number of amides is 3. The van der Waals surface area contributed by atoms with E-state index in [1.54, 1.807) is 6.92 Å². The Morgan fingerprint density at radius 3 is 2.04 bits per heavy atom. The van der Waals surface area contributed by atoms with Crippen molar-refractivity contribution >= 4 is 17.7 Å². The minimum Gasteiger partial charge on any atom is -0.342 e. The lowest BCUT2D eigenvalue weighted by Crippen LogP contribution is -2.48. The van der Waals surface area contributed by atoms with Gasteiger partial charge in [-0.15, -0.1) is 0 Å². The summed E-state index contributed by atoms with van der Waals surface area (Å²) in [4.78, 5) is 38.3. The van der Waals surface area contributed by atoms with Gasteiger partial charge in [-0.1, -0.05) is 48.0 Å². The van der Waals surface area contributed by atoms with Gasteiger partial charge in [0.15, 0.2) is 0 Å². The fourth-order valence-electron chi connectivity index (χ4n) is 2.87. The Labute approximate surface area is 147 Å². The number of carbonyl (C=O) groups excluding carboxylic acids is 3. The maximum Gasteiger partial charge on any atom is 0.232 e. The SMILES string of the molecule is CC.CC.CC1CN(C(=O)CCCCCN2C(=O)CC(C)C2=O)C1. The van der Waals surface area contributed by atoms with Crippen LogP contribution in [-0.2, 0) is 14.4 Å². The van der Waals surface area contributed by atoms with Crippen LogP contribution < -0.4 is 0 Å². The number of unbranched alkanes of at least 4 members (excludes halogenated alkanes) is 2. The van der Waals surface area contributed by atoms with Crippen molar-refractivity contribution in [3.63, 3.8) is 0 Å². The molecule has 2 rings (SSSR count). The van der Waals surface area contributed by atoms with Gasteiger partial charge >= 0.3 is 0 Å². The molecule has 5 heteroatoms. The van der Waals surface area contributed by atoms with Crippen LogP contribution in [0.5, 0.6) is 0 Å². The van der Waals surface area contributed by atoms with E-state index in [1.165, 1.54) is 4.90 Å². The van der Waals surface area contributed by atoms with E-state index in [0.717, 1.165) is 32.4 Å². The summed E-state index contributed by atoms with van der Waals surface area (Å²) >= 11 is 0. The van der Waals surface area contributed by atoms with E-state index in [2.05, 4.69) is 6.92 Å². The molecule has 0 saturated carbocycles. The Hall–Kier alpha value is -1.39. The Kier molecular flexibility index (Phi) is 11.3. The molecule has 0 radical (unpaired) electrons. The fraction of sp³-hybridized carbons (Fsp3) is 0.842. The van der Waals surface area contributed by atoms with Crippen molar-refractivity contribution in [3.05, 3.63) is 0 Å². The maximum atomic E-state index is 11.7. The minimum absolute atomic E-state index is 0.0411. The average Bonchev–Trinajstić information content (AvgIpc) is 2.81. The zero-order valence-corrected chi connectivity index (χ0v) is 16.4. The van der Waals surface area contributed by atoms with Gasteiger partial charge in [-0.3, -0.25) is 19.3 Å². The highest BCUT2D eigenvalue weighted by atomic mass is 16.2. The van der Waals surface area contributed by atoms with Gasteiger partial charge in [-0.05, 0) is 18.8 Å². The molecular weight excluding hydrogens is 304 g/mol. The number of imide groups is 1. The molecule has 1 unspecified atom stereocenters. The van der Waals surface area contributed by atoms with Gasteiger partial charge in [0.25, 0.3) is 0 Å². The molecular formula is C19H36N2O3. The monoisotopic (exact) mass is 340 g/mol. The molecule has 0 aliphatic carbocycles. The van der Waals surface area contributed by atoms with Crippen molar-refractivity contribution in [2.24, 2.45) is 11.8 Å². The van der Waals surface area contributed by atoms with Gasteiger partial charge < -0.3 is 4.90 Å². The Balaban J connectivity index is 0.00000123. The molecule has 0 spiro atoms. The van der Waals surface area contributed by atoms with E-state index in [0.29, 0.717) is 25.3 Å². The van der Waals surface area contributed by atoms with Crippen LogP contribution in [0.2, 0.25) is 0 Å². The van der Waals surface area contributed by atoms with Gasteiger partial charge in [-0.25, -0.2) is 0 Å². The predicted octanol–water partition coefficient (Wildman–Crippen LogP) is 3.47. The summed E-state index contributed by atoms with van der Waals surface area (Å²) < 4.78 is 0. The van der Waals surface area contributed by atoms with E-state index in [4.69, 9.17) is 0 Å². The molecule has 2 aliphatic heterocycles. The molecule has 3 amide bonds. The second kappa shape index (κ2) is 12.0. The second-order valence-electron chi connectivity index (χ2n) is 6.20. The average molecular weight is 341 g/mol. The molecule has 2 saturated heterocycles. The van der Waals surface area contributed by atoms with Crippen LogP contribution in [0.15, 0.2) is 0 Å². The number of hydrogen-bond acceptors (Lipinski definition) is 3. The molecule has 24 heavy (non-hydrogen) atoms. The third-order valence-corrected chi connectivity index (χ3v) is 4.16. The molecule has 0 aromatic heterocycles. The molecule has 2 fully saturated rings. The van der Waals surface area contributed by atoms with Crippen LogP contribution >= 0.6 is 0 Å². The Morgan fingerprint density at radius 1 is 1.00 bits per heavy atom. The third kappa shape index (κ3) is 6.62. The molecule has 0 aromatic carbocycles. The third-order valence-electron chi connectivity index (χ3n) is 4.16. The number of nitrogens with zero attached hydrogens (tertiary/aromatic N) is 2. The zero-order valence-electron chi connectivity index (χ0n) is 16.4. The summed E-state index contributed by atoms with van der Waals surface area (Å²) in [6.07, 6.45) is 3.47. The minimum atomic E-state index is -0.155. The second-order valence-corrected chi connectivity index (χ2v) is 6.20. The zero-order chi connectivity index (χ0) is 18.7. The van der Waals surface area contributed by atoms with Crippen molar-refractivity contribution in [1.29, 1.82) is 0 Å². The highest BCUT2D eigenvalue weighted by Gasteiger charge is 2.34. The number of likely N-dealkylation sites (tertiary alicyclic amines) is 2. The maximum absolute atomic E-state index is 11.7. The summed E-state index contributed by atoms with van der Waals surface area (Å²) in [5.41, 5.74) is 0. The van der Waals surface area contributed by atoms with E-state index in [1.807, 2.05) is 32.6 Å². The first-order valence-corrected chi connectivity index (χ1v) is 9.61. The van der Waals surface area contributed by atoms with Gasteiger partial charge in [0.1, 0.15) is 0 Å². The van der Waals surface area contributed by atoms with Gasteiger partial charge in [0.05, 0.1) is 0 Å².